The lowest BCUT2D eigenvalue weighted by Gasteiger charge is -2.04. The van der Waals surface area contributed by atoms with E-state index in [1.807, 2.05) is 24.3 Å². The Morgan fingerprint density at radius 2 is 2.05 bits per heavy atom. The Morgan fingerprint density at radius 1 is 1.25 bits per heavy atom. The maximum absolute atomic E-state index is 5.65. The van der Waals surface area contributed by atoms with Crippen LogP contribution < -0.4 is 10.1 Å². The van der Waals surface area contributed by atoms with Crippen LogP contribution in [0.3, 0.4) is 0 Å². The molecule has 0 unspecified atom stereocenters. The summed E-state index contributed by atoms with van der Waals surface area (Å²) < 4.78 is 10.9. The summed E-state index contributed by atoms with van der Waals surface area (Å²) in [5.74, 6) is 2.50. The third-order valence-corrected chi connectivity index (χ3v) is 2.98. The molecule has 5 heteroatoms. The van der Waals surface area contributed by atoms with E-state index in [1.165, 1.54) is 0 Å². The van der Waals surface area contributed by atoms with Gasteiger partial charge in [-0.25, -0.2) is 0 Å². The van der Waals surface area contributed by atoms with Crippen LogP contribution >= 0.6 is 0 Å². The predicted octanol–water partition coefficient (Wildman–Crippen LogP) is 2.88. The molecule has 0 bridgehead atoms. The van der Waals surface area contributed by atoms with E-state index in [0.717, 1.165) is 24.3 Å². The average Bonchev–Trinajstić information content (AvgIpc) is 2.92. The van der Waals surface area contributed by atoms with Gasteiger partial charge in [-0.2, -0.15) is 0 Å². The Morgan fingerprint density at radius 3 is 2.80 bits per heavy atom. The second kappa shape index (κ2) is 7.05. The minimum Gasteiger partial charge on any atom is -0.496 e. The third kappa shape index (κ3) is 3.81. The van der Waals surface area contributed by atoms with Crippen molar-refractivity contribution in [1.82, 2.24) is 15.5 Å². The molecule has 1 N–H and O–H groups in total. The summed E-state index contributed by atoms with van der Waals surface area (Å²) in [4.78, 5) is 0. The van der Waals surface area contributed by atoms with Crippen molar-refractivity contribution in [3.8, 4) is 17.2 Å². The van der Waals surface area contributed by atoms with Gasteiger partial charge in [-0.1, -0.05) is 26.0 Å². The van der Waals surface area contributed by atoms with E-state index in [9.17, 15) is 0 Å². The second-order valence-corrected chi connectivity index (χ2v) is 5.06. The van der Waals surface area contributed by atoms with Crippen LogP contribution in [0.5, 0.6) is 5.75 Å². The minimum atomic E-state index is 0.489. The van der Waals surface area contributed by atoms with Crippen LogP contribution in [0, 0.1) is 5.92 Å². The van der Waals surface area contributed by atoms with E-state index >= 15 is 0 Å². The molecule has 108 valence electrons. The van der Waals surface area contributed by atoms with E-state index in [1.54, 1.807) is 7.11 Å². The summed E-state index contributed by atoms with van der Waals surface area (Å²) in [6.07, 6.45) is 1.13. The van der Waals surface area contributed by atoms with Gasteiger partial charge in [0, 0.05) is 0 Å². The molecule has 0 saturated heterocycles. The number of hydrogen-bond donors (Lipinski definition) is 1. The largest absolute Gasteiger partial charge is 0.496 e. The number of rotatable bonds is 7. The molecule has 1 aromatic heterocycles. The van der Waals surface area contributed by atoms with E-state index in [0.29, 0.717) is 24.2 Å². The Labute approximate surface area is 119 Å². The van der Waals surface area contributed by atoms with Crippen LogP contribution in [0.2, 0.25) is 0 Å². The van der Waals surface area contributed by atoms with Crippen molar-refractivity contribution in [1.29, 1.82) is 0 Å². The minimum absolute atomic E-state index is 0.489. The fourth-order valence-corrected chi connectivity index (χ4v) is 1.84. The summed E-state index contributed by atoms with van der Waals surface area (Å²) in [5, 5.41) is 11.4. The van der Waals surface area contributed by atoms with Gasteiger partial charge in [0.05, 0.1) is 19.2 Å². The molecule has 1 heterocycles. The van der Waals surface area contributed by atoms with Gasteiger partial charge in [0.15, 0.2) is 0 Å². The molecule has 0 aliphatic rings. The van der Waals surface area contributed by atoms with E-state index in [2.05, 4.69) is 29.4 Å². The zero-order valence-electron chi connectivity index (χ0n) is 12.2. The van der Waals surface area contributed by atoms with Crippen molar-refractivity contribution in [3.63, 3.8) is 0 Å². The quantitative estimate of drug-likeness (QED) is 0.787. The molecular weight excluding hydrogens is 254 g/mol. The van der Waals surface area contributed by atoms with Gasteiger partial charge in [-0.05, 0) is 31.0 Å². The summed E-state index contributed by atoms with van der Waals surface area (Å²) in [6.45, 7) is 5.95. The number of ether oxygens (including phenoxy) is 1. The van der Waals surface area contributed by atoms with Gasteiger partial charge in [-0.3, -0.25) is 0 Å². The fraction of sp³-hybridized carbons (Fsp3) is 0.467. The number of nitrogens with zero attached hydrogens (tertiary/aromatic N) is 2. The molecule has 2 rings (SSSR count). The number of aromatic nitrogens is 2. The van der Waals surface area contributed by atoms with E-state index in [-0.39, 0.29) is 0 Å². The van der Waals surface area contributed by atoms with Crippen molar-refractivity contribution in [2.75, 3.05) is 13.7 Å². The standard InChI is InChI=1S/C15H21N3O2/c1-11(2)8-9-16-10-14-17-18-15(20-14)12-6-4-5-7-13(12)19-3/h4-7,11,16H,8-10H2,1-3H3. The van der Waals surface area contributed by atoms with Crippen LogP contribution in [0.1, 0.15) is 26.2 Å². The summed E-state index contributed by atoms with van der Waals surface area (Å²) >= 11 is 0. The molecular formula is C15H21N3O2. The number of benzene rings is 1. The van der Waals surface area contributed by atoms with Gasteiger partial charge >= 0.3 is 0 Å². The first-order valence-corrected chi connectivity index (χ1v) is 6.87. The second-order valence-electron chi connectivity index (χ2n) is 5.06. The molecule has 0 aliphatic carbocycles. The van der Waals surface area contributed by atoms with Crippen LogP contribution in [0.15, 0.2) is 28.7 Å². The van der Waals surface area contributed by atoms with Crippen LogP contribution in [-0.4, -0.2) is 23.9 Å². The van der Waals surface area contributed by atoms with Crippen LogP contribution in [0.25, 0.3) is 11.5 Å². The lowest BCUT2D eigenvalue weighted by Crippen LogP contribution is -2.16. The fourth-order valence-electron chi connectivity index (χ4n) is 1.84. The Hall–Kier alpha value is -1.88. The normalized spacial score (nSPS) is 11.0. The van der Waals surface area contributed by atoms with E-state index in [4.69, 9.17) is 9.15 Å². The van der Waals surface area contributed by atoms with Gasteiger partial charge in [0.1, 0.15) is 5.75 Å². The zero-order valence-corrected chi connectivity index (χ0v) is 12.2. The Balaban J connectivity index is 1.98. The monoisotopic (exact) mass is 275 g/mol. The first kappa shape index (κ1) is 14.5. The Bertz CT molecular complexity index is 537. The van der Waals surface area contributed by atoms with Crippen molar-refractivity contribution in [2.24, 2.45) is 5.92 Å². The Kier molecular flexibility index (Phi) is 5.12. The highest BCUT2D eigenvalue weighted by Crippen LogP contribution is 2.28. The summed E-state index contributed by atoms with van der Waals surface area (Å²) in [7, 11) is 1.63. The maximum atomic E-state index is 5.65. The molecule has 0 amide bonds. The number of nitrogens with one attached hydrogen (secondary N) is 1. The molecule has 5 nitrogen and oxygen atoms in total. The first-order valence-electron chi connectivity index (χ1n) is 6.87. The van der Waals surface area contributed by atoms with E-state index < -0.39 is 0 Å². The smallest absolute Gasteiger partial charge is 0.251 e. The topological polar surface area (TPSA) is 60.2 Å². The van der Waals surface area contributed by atoms with Gasteiger partial charge in [0.2, 0.25) is 5.89 Å². The van der Waals surface area contributed by atoms with Crippen LogP contribution in [-0.2, 0) is 6.54 Å². The number of methoxy groups -OCH3 is 1. The van der Waals surface area contributed by atoms with Crippen LogP contribution in [0.4, 0.5) is 0 Å². The van der Waals surface area contributed by atoms with Crippen molar-refractivity contribution in [3.05, 3.63) is 30.2 Å². The van der Waals surface area contributed by atoms with Gasteiger partial charge < -0.3 is 14.5 Å². The zero-order chi connectivity index (χ0) is 14.4. The van der Waals surface area contributed by atoms with Crippen molar-refractivity contribution >= 4 is 0 Å². The highest BCUT2D eigenvalue weighted by molar-refractivity contribution is 5.62. The summed E-state index contributed by atoms with van der Waals surface area (Å²) in [6, 6.07) is 7.61. The average molecular weight is 275 g/mol. The number of hydrogen-bond acceptors (Lipinski definition) is 5. The van der Waals surface area contributed by atoms with Crippen molar-refractivity contribution < 1.29 is 9.15 Å². The molecule has 0 atom stereocenters. The lowest BCUT2D eigenvalue weighted by molar-refractivity contribution is 0.412. The van der Waals surface area contributed by atoms with Gasteiger partial charge in [0.25, 0.3) is 5.89 Å². The molecule has 0 spiro atoms. The molecule has 0 aliphatic heterocycles. The molecule has 0 radical (unpaired) electrons. The molecule has 20 heavy (non-hydrogen) atoms. The third-order valence-electron chi connectivity index (χ3n) is 2.98. The number of para-hydroxylation sites is 1. The molecule has 2 aromatic rings. The molecule has 0 saturated carbocycles. The highest BCUT2D eigenvalue weighted by atomic mass is 16.5. The lowest BCUT2D eigenvalue weighted by atomic mass is 10.1. The molecule has 0 fully saturated rings. The highest BCUT2D eigenvalue weighted by Gasteiger charge is 2.12. The first-order chi connectivity index (χ1) is 9.70. The van der Waals surface area contributed by atoms with Gasteiger partial charge in [-0.15, -0.1) is 10.2 Å². The predicted molar refractivity (Wildman–Crippen MR) is 77.4 cm³/mol. The summed E-state index contributed by atoms with van der Waals surface area (Å²) in [5.41, 5.74) is 0.816. The molecule has 1 aromatic carbocycles. The van der Waals surface area contributed by atoms with Crippen molar-refractivity contribution in [2.45, 2.75) is 26.8 Å². The maximum Gasteiger partial charge on any atom is 0.251 e. The SMILES string of the molecule is COc1ccccc1-c1nnc(CNCCC(C)C)o1.